The summed E-state index contributed by atoms with van der Waals surface area (Å²) in [6, 6.07) is 2.41. The van der Waals surface area contributed by atoms with Crippen LogP contribution in [-0.4, -0.2) is 63.7 Å². The van der Waals surface area contributed by atoms with Gasteiger partial charge in [0.15, 0.2) is 0 Å². The third-order valence-electron chi connectivity index (χ3n) is 5.50. The van der Waals surface area contributed by atoms with Gasteiger partial charge in [0.05, 0.1) is 29.9 Å². The van der Waals surface area contributed by atoms with Crippen molar-refractivity contribution in [3.8, 4) is 6.07 Å². The van der Waals surface area contributed by atoms with Crippen molar-refractivity contribution in [1.82, 2.24) is 30.4 Å². The summed E-state index contributed by atoms with van der Waals surface area (Å²) in [4.78, 5) is 11.2. The molecule has 154 valence electrons. The number of nitriles is 1. The van der Waals surface area contributed by atoms with E-state index in [1.165, 1.54) is 0 Å². The second-order valence-electron chi connectivity index (χ2n) is 8.02. The Kier molecular flexibility index (Phi) is 5.34. The number of hydrogen-bond acceptors (Lipinski definition) is 8. The summed E-state index contributed by atoms with van der Waals surface area (Å²) in [5.74, 6) is 1.36. The maximum atomic E-state index is 13.4. The molecule has 2 aliphatic heterocycles. The number of nitrogens with one attached hydrogen (secondary N) is 3. The molecular formula is C19H26FN9. The maximum Gasteiger partial charge on any atom is 0.229 e. The van der Waals surface area contributed by atoms with Crippen LogP contribution in [-0.2, 0) is 7.05 Å². The highest BCUT2D eigenvalue weighted by atomic mass is 19.1. The van der Waals surface area contributed by atoms with Crippen LogP contribution in [0.25, 0.3) is 0 Å². The highest BCUT2D eigenvalue weighted by molar-refractivity contribution is 5.57. The van der Waals surface area contributed by atoms with Crippen LogP contribution in [0.4, 0.5) is 21.8 Å². The van der Waals surface area contributed by atoms with Crippen molar-refractivity contribution < 1.29 is 4.39 Å². The first-order valence-electron chi connectivity index (χ1n) is 9.80. The molecule has 2 aromatic heterocycles. The zero-order valence-electron chi connectivity index (χ0n) is 16.7. The first-order chi connectivity index (χ1) is 14.0. The Balaban J connectivity index is 1.41. The number of aromatic nitrogens is 4. The Hall–Kier alpha value is -2.77. The minimum absolute atomic E-state index is 0.116. The molecule has 4 heterocycles. The Morgan fingerprint density at radius 3 is 2.90 bits per heavy atom. The molecule has 2 atom stereocenters. The van der Waals surface area contributed by atoms with Gasteiger partial charge < -0.3 is 20.9 Å². The molecule has 29 heavy (non-hydrogen) atoms. The second-order valence-corrected chi connectivity index (χ2v) is 8.02. The fourth-order valence-electron chi connectivity index (χ4n) is 3.96. The van der Waals surface area contributed by atoms with Gasteiger partial charge in [-0.25, -0.2) is 9.37 Å². The molecule has 4 rings (SSSR count). The van der Waals surface area contributed by atoms with E-state index in [0.29, 0.717) is 45.0 Å². The molecule has 0 unspecified atom stereocenters. The summed E-state index contributed by atoms with van der Waals surface area (Å²) >= 11 is 0. The largest absolute Gasteiger partial charge is 0.352 e. The molecule has 0 aromatic carbocycles. The summed E-state index contributed by atoms with van der Waals surface area (Å²) < 4.78 is 15.1. The number of nitrogens with zero attached hydrogens (tertiary/aromatic N) is 6. The summed E-state index contributed by atoms with van der Waals surface area (Å²) in [6.07, 6.45) is 5.51. The lowest BCUT2D eigenvalue weighted by Crippen LogP contribution is -2.70. The molecule has 3 N–H and O–H groups in total. The van der Waals surface area contributed by atoms with E-state index >= 15 is 0 Å². The molecule has 9 nitrogen and oxygen atoms in total. The van der Waals surface area contributed by atoms with Gasteiger partial charge in [0.1, 0.15) is 12.0 Å². The second kappa shape index (κ2) is 7.93. The van der Waals surface area contributed by atoms with E-state index in [1.807, 2.05) is 20.2 Å². The fraction of sp³-hybridized carbons (Fsp3) is 0.579. The lowest BCUT2D eigenvalue weighted by molar-refractivity contribution is 0.248. The molecule has 0 radical (unpaired) electrons. The summed E-state index contributed by atoms with van der Waals surface area (Å²) in [5, 5.41) is 23.3. The lowest BCUT2D eigenvalue weighted by atomic mass is 9.86. The summed E-state index contributed by atoms with van der Waals surface area (Å²) in [6.45, 7) is 4.40. The van der Waals surface area contributed by atoms with Crippen LogP contribution in [0.1, 0.15) is 18.4 Å². The molecular weight excluding hydrogens is 373 g/mol. The van der Waals surface area contributed by atoms with Crippen molar-refractivity contribution in [2.75, 3.05) is 36.4 Å². The summed E-state index contributed by atoms with van der Waals surface area (Å²) in [7, 11) is 1.85. The van der Waals surface area contributed by atoms with Crippen molar-refractivity contribution in [2.24, 2.45) is 7.05 Å². The van der Waals surface area contributed by atoms with Gasteiger partial charge in [-0.05, 0) is 13.3 Å². The molecule has 0 amide bonds. The molecule has 2 saturated heterocycles. The van der Waals surface area contributed by atoms with Crippen LogP contribution in [0.3, 0.4) is 0 Å². The lowest BCUT2D eigenvalue weighted by Gasteiger charge is -2.51. The van der Waals surface area contributed by atoms with E-state index in [9.17, 15) is 9.65 Å². The molecule has 10 heteroatoms. The normalized spacial score (nSPS) is 22.9. The predicted molar refractivity (Wildman–Crippen MR) is 108 cm³/mol. The molecule has 0 bridgehead atoms. The van der Waals surface area contributed by atoms with Crippen LogP contribution < -0.4 is 20.9 Å². The Morgan fingerprint density at radius 2 is 2.24 bits per heavy atom. The average Bonchev–Trinajstić information content (AvgIpc) is 3.26. The summed E-state index contributed by atoms with van der Waals surface area (Å²) in [5.41, 5.74) is 1.51. The minimum atomic E-state index is -0.777. The van der Waals surface area contributed by atoms with E-state index in [2.05, 4.69) is 42.0 Å². The van der Waals surface area contributed by atoms with Gasteiger partial charge in [0.2, 0.25) is 5.95 Å². The van der Waals surface area contributed by atoms with E-state index in [0.717, 1.165) is 17.1 Å². The highest BCUT2D eigenvalue weighted by Gasteiger charge is 2.44. The van der Waals surface area contributed by atoms with Crippen LogP contribution in [0.5, 0.6) is 0 Å². The van der Waals surface area contributed by atoms with Gasteiger partial charge in [-0.1, -0.05) is 0 Å². The highest BCUT2D eigenvalue weighted by Crippen LogP contribution is 2.31. The van der Waals surface area contributed by atoms with Gasteiger partial charge in [-0.3, -0.25) is 4.68 Å². The van der Waals surface area contributed by atoms with E-state index in [-0.39, 0.29) is 11.6 Å². The topological polar surface area (TPSA) is 107 Å². The van der Waals surface area contributed by atoms with Gasteiger partial charge >= 0.3 is 0 Å². The number of halogens is 1. The van der Waals surface area contributed by atoms with Crippen LogP contribution >= 0.6 is 0 Å². The van der Waals surface area contributed by atoms with E-state index in [1.54, 1.807) is 17.1 Å². The molecule has 2 aromatic rings. The van der Waals surface area contributed by atoms with Crippen molar-refractivity contribution in [3.63, 3.8) is 0 Å². The van der Waals surface area contributed by atoms with Crippen molar-refractivity contribution >= 4 is 17.5 Å². The van der Waals surface area contributed by atoms with E-state index in [4.69, 9.17) is 0 Å². The van der Waals surface area contributed by atoms with E-state index < -0.39 is 6.17 Å². The van der Waals surface area contributed by atoms with Gasteiger partial charge in [0, 0.05) is 57.2 Å². The molecule has 0 spiro atoms. The zero-order valence-corrected chi connectivity index (χ0v) is 16.7. The third kappa shape index (κ3) is 4.31. The Bertz CT molecular complexity index is 899. The van der Waals surface area contributed by atoms with Crippen LogP contribution in [0.15, 0.2) is 18.6 Å². The SMILES string of the molecule is Cc1cnc(Nc2cnn(C)c2)nc1N1CC(CC#N)(NC[C@H]2C[C@H](F)CN2)C1. The average molecular weight is 399 g/mol. The van der Waals surface area contributed by atoms with Gasteiger partial charge in [-0.2, -0.15) is 15.3 Å². The van der Waals surface area contributed by atoms with Gasteiger partial charge in [-0.15, -0.1) is 0 Å². The predicted octanol–water partition coefficient (Wildman–Crippen LogP) is 1.02. The Morgan fingerprint density at radius 1 is 1.41 bits per heavy atom. The van der Waals surface area contributed by atoms with Crippen LogP contribution in [0.2, 0.25) is 0 Å². The minimum Gasteiger partial charge on any atom is -0.352 e. The molecule has 0 aliphatic carbocycles. The van der Waals surface area contributed by atoms with Crippen molar-refractivity contribution in [2.45, 2.75) is 37.5 Å². The third-order valence-corrected chi connectivity index (χ3v) is 5.50. The zero-order chi connectivity index (χ0) is 20.4. The first-order valence-corrected chi connectivity index (χ1v) is 9.80. The smallest absolute Gasteiger partial charge is 0.229 e. The number of alkyl halides is 1. The number of anilines is 3. The molecule has 2 fully saturated rings. The van der Waals surface area contributed by atoms with Crippen LogP contribution in [0, 0.1) is 18.3 Å². The molecule has 0 saturated carbocycles. The van der Waals surface area contributed by atoms with Crippen molar-refractivity contribution in [3.05, 3.63) is 24.2 Å². The van der Waals surface area contributed by atoms with Crippen molar-refractivity contribution in [1.29, 1.82) is 5.26 Å². The quantitative estimate of drug-likeness (QED) is 0.634. The number of rotatable bonds is 7. The standard InChI is InChI=1S/C19H26FN9/c1-13-6-23-18(26-16-9-25-28(2)10-16)27-17(13)29-11-19(12-29,3-4-21)24-8-15-5-14(20)7-22-15/h6,9-10,14-15,22,24H,3,5,7-8,11-12H2,1-2H3,(H,23,26,27)/t14-,15+/m0/s1. The monoisotopic (exact) mass is 399 g/mol. The maximum absolute atomic E-state index is 13.4. The fourth-order valence-corrected chi connectivity index (χ4v) is 3.96. The Labute approximate surface area is 169 Å². The first kappa shape index (κ1) is 19.5. The molecule has 2 aliphatic rings. The number of hydrogen-bond donors (Lipinski definition) is 3. The van der Waals surface area contributed by atoms with Gasteiger partial charge in [0.25, 0.3) is 0 Å². The number of aryl methyl sites for hydroxylation is 2.